The van der Waals surface area contributed by atoms with Gasteiger partial charge >= 0.3 is 0 Å². The first-order valence-electron chi connectivity index (χ1n) is 4.64. The van der Waals surface area contributed by atoms with Crippen molar-refractivity contribution in [1.82, 2.24) is 9.97 Å². The van der Waals surface area contributed by atoms with Crippen LogP contribution in [0.25, 0.3) is 0 Å². The number of aromatic nitrogens is 2. The highest BCUT2D eigenvalue weighted by molar-refractivity contribution is 7.99. The van der Waals surface area contributed by atoms with E-state index in [9.17, 15) is 0 Å². The molecule has 1 N–H and O–H groups in total. The lowest BCUT2D eigenvalue weighted by Crippen LogP contribution is -1.90. The van der Waals surface area contributed by atoms with E-state index in [0.29, 0.717) is 15.7 Å². The second-order valence-corrected chi connectivity index (χ2v) is 4.48. The van der Waals surface area contributed by atoms with Crippen molar-refractivity contribution >= 4 is 23.4 Å². The molecule has 0 fully saturated rings. The van der Waals surface area contributed by atoms with Crippen molar-refractivity contribution in [2.45, 2.75) is 16.7 Å². The van der Waals surface area contributed by atoms with Crippen molar-refractivity contribution in [1.29, 1.82) is 0 Å². The molecule has 2 rings (SSSR count). The number of hydrogen-bond donors (Lipinski definition) is 1. The molecule has 0 aliphatic heterocycles. The van der Waals surface area contributed by atoms with E-state index in [2.05, 4.69) is 9.97 Å². The number of aliphatic hydroxyl groups excluding tert-OH is 1. The molecule has 1 aromatic carbocycles. The summed E-state index contributed by atoms with van der Waals surface area (Å²) in [6.07, 6.45) is 3.21. The molecule has 82 valence electrons. The number of benzene rings is 1. The Labute approximate surface area is 103 Å². The molecule has 0 saturated carbocycles. The van der Waals surface area contributed by atoms with E-state index >= 15 is 0 Å². The lowest BCUT2D eigenvalue weighted by molar-refractivity contribution is 0.280. The van der Waals surface area contributed by atoms with Crippen LogP contribution in [0.4, 0.5) is 0 Å². The highest BCUT2D eigenvalue weighted by Crippen LogP contribution is 2.30. The summed E-state index contributed by atoms with van der Waals surface area (Å²) in [5.41, 5.74) is 0.698. The Morgan fingerprint density at radius 1 is 1.19 bits per heavy atom. The summed E-state index contributed by atoms with van der Waals surface area (Å²) in [5.74, 6) is 0. The van der Waals surface area contributed by atoms with Crippen LogP contribution in [0.5, 0.6) is 0 Å². The van der Waals surface area contributed by atoms with Gasteiger partial charge in [-0.15, -0.1) is 0 Å². The Bertz CT molecular complexity index is 476. The fourth-order valence-electron chi connectivity index (χ4n) is 1.10. The third-order valence-corrected chi connectivity index (χ3v) is 3.31. The Kier molecular flexibility index (Phi) is 3.77. The Hall–Kier alpha value is -1.10. The van der Waals surface area contributed by atoms with Crippen molar-refractivity contribution in [3.8, 4) is 0 Å². The largest absolute Gasteiger partial charge is 0.392 e. The topological polar surface area (TPSA) is 46.0 Å². The van der Waals surface area contributed by atoms with Crippen LogP contribution in [0.3, 0.4) is 0 Å². The average molecular weight is 253 g/mol. The van der Waals surface area contributed by atoms with Crippen LogP contribution in [0.15, 0.2) is 46.7 Å². The van der Waals surface area contributed by atoms with E-state index in [0.717, 1.165) is 4.90 Å². The molecule has 2 aromatic rings. The summed E-state index contributed by atoms with van der Waals surface area (Å²) < 4.78 is 0. The number of rotatable bonds is 3. The smallest absolute Gasteiger partial charge is 0.192 e. The highest BCUT2D eigenvalue weighted by atomic mass is 35.5. The molecule has 0 unspecified atom stereocenters. The van der Waals surface area contributed by atoms with E-state index in [1.54, 1.807) is 12.4 Å². The van der Waals surface area contributed by atoms with Crippen LogP contribution in [-0.4, -0.2) is 15.1 Å². The maximum absolute atomic E-state index is 8.85. The molecule has 1 aromatic heterocycles. The van der Waals surface area contributed by atoms with Crippen molar-refractivity contribution in [3.05, 3.63) is 47.2 Å². The van der Waals surface area contributed by atoms with Gasteiger partial charge in [0.25, 0.3) is 0 Å². The maximum atomic E-state index is 8.85. The zero-order chi connectivity index (χ0) is 11.4. The number of hydrogen-bond acceptors (Lipinski definition) is 4. The van der Waals surface area contributed by atoms with E-state index in [4.69, 9.17) is 16.7 Å². The van der Waals surface area contributed by atoms with E-state index < -0.39 is 0 Å². The van der Waals surface area contributed by atoms with E-state index in [1.165, 1.54) is 11.8 Å². The summed E-state index contributed by atoms with van der Waals surface area (Å²) in [4.78, 5) is 9.16. The average Bonchev–Trinajstić information content (AvgIpc) is 2.33. The second-order valence-electron chi connectivity index (χ2n) is 3.06. The molecule has 0 aliphatic carbocycles. The van der Waals surface area contributed by atoms with Gasteiger partial charge in [-0.3, -0.25) is 0 Å². The molecule has 3 nitrogen and oxygen atoms in total. The van der Waals surface area contributed by atoms with Crippen molar-refractivity contribution in [2.75, 3.05) is 0 Å². The van der Waals surface area contributed by atoms with Crippen molar-refractivity contribution < 1.29 is 5.11 Å². The zero-order valence-corrected chi connectivity index (χ0v) is 9.87. The summed E-state index contributed by atoms with van der Waals surface area (Å²) in [5, 5.41) is 10.2. The van der Waals surface area contributed by atoms with Crippen LogP contribution in [0.1, 0.15) is 5.56 Å². The molecule has 0 aliphatic rings. The van der Waals surface area contributed by atoms with Crippen LogP contribution < -0.4 is 0 Å². The first-order chi connectivity index (χ1) is 7.79. The Morgan fingerprint density at radius 3 is 2.50 bits per heavy atom. The van der Waals surface area contributed by atoms with Gasteiger partial charge in [-0.1, -0.05) is 23.7 Å². The molecule has 1 heterocycles. The van der Waals surface area contributed by atoms with E-state index in [-0.39, 0.29) is 6.61 Å². The minimum atomic E-state index is -0.0446. The van der Waals surface area contributed by atoms with Gasteiger partial charge in [0.05, 0.1) is 11.6 Å². The minimum Gasteiger partial charge on any atom is -0.392 e. The first kappa shape index (κ1) is 11.4. The van der Waals surface area contributed by atoms with E-state index in [1.807, 2.05) is 24.3 Å². The van der Waals surface area contributed by atoms with Gasteiger partial charge in [0.1, 0.15) is 0 Å². The SMILES string of the molecule is OCc1cnc(Sc2ccccc2Cl)nc1. The lowest BCUT2D eigenvalue weighted by atomic mass is 10.4. The van der Waals surface area contributed by atoms with Crippen molar-refractivity contribution in [3.63, 3.8) is 0 Å². The number of halogens is 1. The molecule has 5 heteroatoms. The summed E-state index contributed by atoms with van der Waals surface area (Å²) in [7, 11) is 0. The summed E-state index contributed by atoms with van der Waals surface area (Å²) in [6, 6.07) is 7.53. The zero-order valence-electron chi connectivity index (χ0n) is 8.30. The quantitative estimate of drug-likeness (QED) is 0.854. The van der Waals surface area contributed by atoms with Crippen LogP contribution in [0.2, 0.25) is 5.02 Å². The molecular weight excluding hydrogens is 244 g/mol. The molecule has 0 amide bonds. The molecule has 0 radical (unpaired) electrons. The standard InChI is InChI=1S/C11H9ClN2OS/c12-9-3-1-2-4-10(9)16-11-13-5-8(7-15)6-14-11/h1-6,15H,7H2. The van der Waals surface area contributed by atoms with Gasteiger partial charge in [0.2, 0.25) is 0 Å². The van der Waals surface area contributed by atoms with Crippen LogP contribution >= 0.6 is 23.4 Å². The fraction of sp³-hybridized carbons (Fsp3) is 0.0909. The van der Waals surface area contributed by atoms with Gasteiger partial charge in [-0.2, -0.15) is 0 Å². The number of nitrogens with zero attached hydrogens (tertiary/aromatic N) is 2. The molecule has 0 saturated heterocycles. The van der Waals surface area contributed by atoms with Crippen molar-refractivity contribution in [2.24, 2.45) is 0 Å². The van der Waals surface area contributed by atoms with Gasteiger partial charge in [0.15, 0.2) is 5.16 Å². The molecule has 0 bridgehead atoms. The monoisotopic (exact) mass is 252 g/mol. The predicted octanol–water partition coefficient (Wildman–Crippen LogP) is 2.77. The third-order valence-electron chi connectivity index (χ3n) is 1.90. The Morgan fingerprint density at radius 2 is 1.88 bits per heavy atom. The van der Waals surface area contributed by atoms with Gasteiger partial charge in [-0.05, 0) is 23.9 Å². The normalized spacial score (nSPS) is 10.4. The minimum absolute atomic E-state index is 0.0446. The van der Waals surface area contributed by atoms with Gasteiger partial charge in [-0.25, -0.2) is 9.97 Å². The molecule has 16 heavy (non-hydrogen) atoms. The van der Waals surface area contributed by atoms with Crippen LogP contribution in [-0.2, 0) is 6.61 Å². The third kappa shape index (κ3) is 2.72. The van der Waals surface area contributed by atoms with Crippen LogP contribution in [0, 0.1) is 0 Å². The Balaban J connectivity index is 2.18. The van der Waals surface area contributed by atoms with Gasteiger partial charge < -0.3 is 5.11 Å². The second kappa shape index (κ2) is 5.30. The molecule has 0 spiro atoms. The lowest BCUT2D eigenvalue weighted by Gasteiger charge is -2.02. The molecule has 0 atom stereocenters. The molecular formula is C11H9ClN2OS. The number of aliphatic hydroxyl groups is 1. The summed E-state index contributed by atoms with van der Waals surface area (Å²) >= 11 is 7.41. The predicted molar refractivity (Wildman–Crippen MR) is 63.5 cm³/mol. The highest BCUT2D eigenvalue weighted by Gasteiger charge is 2.03. The fourth-order valence-corrected chi connectivity index (χ4v) is 2.07. The maximum Gasteiger partial charge on any atom is 0.192 e. The summed E-state index contributed by atoms with van der Waals surface area (Å²) in [6.45, 7) is -0.0446. The first-order valence-corrected chi connectivity index (χ1v) is 5.83. The van der Waals surface area contributed by atoms with Gasteiger partial charge in [0, 0.05) is 22.9 Å².